The van der Waals surface area contributed by atoms with Gasteiger partial charge in [0.2, 0.25) is 0 Å². The van der Waals surface area contributed by atoms with Crippen molar-refractivity contribution in [3.63, 3.8) is 0 Å². The van der Waals surface area contributed by atoms with E-state index in [2.05, 4.69) is 0 Å². The molecular weight excluding hydrogens is 448 g/mol. The van der Waals surface area contributed by atoms with Crippen LogP contribution in [0.4, 0.5) is 0 Å². The number of hydrogen-bond donors (Lipinski definition) is 4. The highest BCUT2D eigenvalue weighted by Gasteiger charge is 2.19. The average Bonchev–Trinajstić information content (AvgIpc) is 2.75. The van der Waals surface area contributed by atoms with Gasteiger partial charge >= 0.3 is 23.9 Å². The minimum absolute atomic E-state index is 0.116. The summed E-state index contributed by atoms with van der Waals surface area (Å²) in [5, 5.41) is 36.8. The monoisotopic (exact) mass is 466 g/mol. The first-order valence-electron chi connectivity index (χ1n) is 9.66. The van der Waals surface area contributed by atoms with Gasteiger partial charge in [-0.15, -0.1) is 0 Å². The van der Waals surface area contributed by atoms with Crippen LogP contribution in [0.15, 0.2) is 48.5 Å². The predicted octanol–water partition coefficient (Wildman–Crippen LogP) is 4.68. The SMILES string of the molecule is Cc1cc(Oc2ccc(C(=O)O)c(C(=O)O)c2)cc(C)c1Oc1ccc(C(=O)O)c(C(=O)O)c1. The number of carboxylic acids is 4. The van der Waals surface area contributed by atoms with E-state index in [1.165, 1.54) is 12.1 Å². The highest BCUT2D eigenvalue weighted by atomic mass is 16.5. The third-order valence-corrected chi connectivity index (χ3v) is 4.79. The second-order valence-electron chi connectivity index (χ2n) is 7.23. The fourth-order valence-corrected chi connectivity index (χ4v) is 3.28. The van der Waals surface area contributed by atoms with Gasteiger partial charge in [0.05, 0.1) is 22.3 Å². The van der Waals surface area contributed by atoms with Gasteiger partial charge in [0.1, 0.15) is 23.0 Å². The second kappa shape index (κ2) is 9.33. The smallest absolute Gasteiger partial charge is 0.336 e. The first-order valence-corrected chi connectivity index (χ1v) is 9.66. The largest absolute Gasteiger partial charge is 0.478 e. The fourth-order valence-electron chi connectivity index (χ4n) is 3.28. The summed E-state index contributed by atoms with van der Waals surface area (Å²) in [7, 11) is 0. The zero-order chi connectivity index (χ0) is 25.2. The van der Waals surface area contributed by atoms with Crippen molar-refractivity contribution >= 4 is 23.9 Å². The number of benzene rings is 3. The lowest BCUT2D eigenvalue weighted by molar-refractivity contribution is 0.0651. The Morgan fingerprint density at radius 3 is 1.29 bits per heavy atom. The summed E-state index contributed by atoms with van der Waals surface area (Å²) < 4.78 is 11.5. The van der Waals surface area contributed by atoms with Crippen LogP contribution in [0.1, 0.15) is 52.6 Å². The Bertz CT molecular complexity index is 1320. The Morgan fingerprint density at radius 2 is 0.912 bits per heavy atom. The van der Waals surface area contributed by atoms with E-state index in [1.54, 1.807) is 26.0 Å². The highest BCUT2D eigenvalue weighted by Crippen LogP contribution is 2.35. The molecule has 0 aliphatic carbocycles. The van der Waals surface area contributed by atoms with Crippen molar-refractivity contribution < 1.29 is 49.1 Å². The molecule has 0 fully saturated rings. The summed E-state index contributed by atoms with van der Waals surface area (Å²) in [5.74, 6) is -4.61. The van der Waals surface area contributed by atoms with E-state index < -0.39 is 35.0 Å². The molecule has 0 aliphatic rings. The van der Waals surface area contributed by atoms with Crippen LogP contribution in [0.2, 0.25) is 0 Å². The van der Waals surface area contributed by atoms with Gasteiger partial charge in [0.15, 0.2) is 0 Å². The number of carboxylic acid groups (broad SMARTS) is 4. The second-order valence-corrected chi connectivity index (χ2v) is 7.23. The summed E-state index contributed by atoms with van der Waals surface area (Å²) in [6, 6.07) is 10.4. The Kier molecular flexibility index (Phi) is 6.53. The maximum atomic E-state index is 11.4. The van der Waals surface area contributed by atoms with Gasteiger partial charge < -0.3 is 29.9 Å². The number of hydrogen-bond acceptors (Lipinski definition) is 6. The molecule has 3 rings (SSSR count). The molecule has 10 heteroatoms. The number of carbonyl (C=O) groups is 4. The Morgan fingerprint density at radius 1 is 0.529 bits per heavy atom. The van der Waals surface area contributed by atoms with Gasteiger partial charge in [-0.3, -0.25) is 0 Å². The van der Waals surface area contributed by atoms with Crippen molar-refractivity contribution in [1.82, 2.24) is 0 Å². The Hall–Kier alpha value is -4.86. The molecule has 0 heterocycles. The highest BCUT2D eigenvalue weighted by molar-refractivity contribution is 6.02. The van der Waals surface area contributed by atoms with Crippen LogP contribution in [-0.2, 0) is 0 Å². The van der Waals surface area contributed by atoms with Gasteiger partial charge in [-0.2, -0.15) is 0 Å². The van der Waals surface area contributed by atoms with Crippen molar-refractivity contribution in [2.45, 2.75) is 13.8 Å². The molecule has 0 amide bonds. The van der Waals surface area contributed by atoms with Crippen LogP contribution in [0.25, 0.3) is 0 Å². The van der Waals surface area contributed by atoms with Gasteiger partial charge in [-0.1, -0.05) is 0 Å². The number of ether oxygens (including phenoxy) is 2. The first-order chi connectivity index (χ1) is 16.0. The molecule has 0 aliphatic heterocycles. The van der Waals surface area contributed by atoms with E-state index in [1.807, 2.05) is 0 Å². The summed E-state index contributed by atoms with van der Waals surface area (Å²) in [5.41, 5.74) is -0.390. The Balaban J connectivity index is 1.90. The summed E-state index contributed by atoms with van der Waals surface area (Å²) in [4.78, 5) is 45.2. The normalized spacial score (nSPS) is 10.4. The summed E-state index contributed by atoms with van der Waals surface area (Å²) >= 11 is 0. The van der Waals surface area contributed by atoms with Crippen molar-refractivity contribution in [2.24, 2.45) is 0 Å². The molecule has 3 aromatic carbocycles. The lowest BCUT2D eigenvalue weighted by Crippen LogP contribution is -2.08. The molecule has 4 N–H and O–H groups in total. The average molecular weight is 466 g/mol. The van der Waals surface area contributed by atoms with Gasteiger partial charge in [-0.25, -0.2) is 19.2 Å². The van der Waals surface area contributed by atoms with E-state index in [9.17, 15) is 29.4 Å². The van der Waals surface area contributed by atoms with Crippen LogP contribution in [-0.4, -0.2) is 44.3 Å². The maximum absolute atomic E-state index is 11.4. The lowest BCUT2D eigenvalue weighted by Gasteiger charge is -2.15. The van der Waals surface area contributed by atoms with Gasteiger partial charge in [0, 0.05) is 0 Å². The lowest BCUT2D eigenvalue weighted by atomic mass is 10.1. The molecule has 0 bridgehead atoms. The van der Waals surface area contributed by atoms with E-state index in [0.29, 0.717) is 22.6 Å². The molecule has 0 unspecified atom stereocenters. The molecule has 34 heavy (non-hydrogen) atoms. The molecule has 174 valence electrons. The van der Waals surface area contributed by atoms with Crippen molar-refractivity contribution in [3.8, 4) is 23.0 Å². The zero-order valence-corrected chi connectivity index (χ0v) is 17.9. The topological polar surface area (TPSA) is 168 Å². The quantitative estimate of drug-likeness (QED) is 0.366. The molecular formula is C24H18O10. The summed E-state index contributed by atoms with van der Waals surface area (Å²) in [6.45, 7) is 3.41. The van der Waals surface area contributed by atoms with Crippen LogP contribution in [0.5, 0.6) is 23.0 Å². The molecule has 0 saturated carbocycles. The van der Waals surface area contributed by atoms with Crippen LogP contribution in [0.3, 0.4) is 0 Å². The van der Waals surface area contributed by atoms with Crippen molar-refractivity contribution in [2.75, 3.05) is 0 Å². The van der Waals surface area contributed by atoms with Gasteiger partial charge in [-0.05, 0) is 73.5 Å². The van der Waals surface area contributed by atoms with Crippen LogP contribution in [0, 0.1) is 13.8 Å². The fraction of sp³-hybridized carbons (Fsp3) is 0.0833. The number of aromatic carboxylic acids is 4. The number of rotatable bonds is 8. The Labute approximate surface area is 192 Å². The molecule has 0 radical (unpaired) electrons. The van der Waals surface area contributed by atoms with E-state index in [-0.39, 0.29) is 22.6 Å². The third kappa shape index (κ3) is 4.96. The number of aryl methyl sites for hydroxylation is 2. The van der Waals surface area contributed by atoms with Crippen LogP contribution < -0.4 is 9.47 Å². The third-order valence-electron chi connectivity index (χ3n) is 4.79. The van der Waals surface area contributed by atoms with Gasteiger partial charge in [0.25, 0.3) is 0 Å². The zero-order valence-electron chi connectivity index (χ0n) is 17.9. The first kappa shape index (κ1) is 23.8. The molecule has 10 nitrogen and oxygen atoms in total. The molecule has 0 atom stereocenters. The standard InChI is InChI=1S/C24H18O10/c1-11-7-15(33-13-3-5-16(21(25)26)18(9-13)23(29)30)8-12(2)20(11)34-14-4-6-17(22(27)28)19(10-14)24(31)32/h3-10H,1-2H3,(H,25,26)(H,27,28)(H,29,30)(H,31,32). The summed E-state index contributed by atoms with van der Waals surface area (Å²) in [6.07, 6.45) is 0. The molecule has 0 aromatic heterocycles. The maximum Gasteiger partial charge on any atom is 0.336 e. The molecule has 3 aromatic rings. The van der Waals surface area contributed by atoms with E-state index in [4.69, 9.17) is 19.7 Å². The minimum Gasteiger partial charge on any atom is -0.478 e. The van der Waals surface area contributed by atoms with Crippen LogP contribution >= 0.6 is 0 Å². The van der Waals surface area contributed by atoms with Crippen molar-refractivity contribution in [1.29, 1.82) is 0 Å². The minimum atomic E-state index is -1.41. The van der Waals surface area contributed by atoms with Crippen molar-refractivity contribution in [3.05, 3.63) is 81.9 Å². The molecule has 0 saturated heterocycles. The van der Waals surface area contributed by atoms with E-state index in [0.717, 1.165) is 24.3 Å². The van der Waals surface area contributed by atoms with E-state index >= 15 is 0 Å². The predicted molar refractivity (Wildman–Crippen MR) is 117 cm³/mol. The molecule has 0 spiro atoms.